The number of aryl methyl sites for hydroxylation is 1. The number of aromatic nitrogens is 2. The molecule has 7 nitrogen and oxygen atoms in total. The van der Waals surface area contributed by atoms with Gasteiger partial charge in [-0.05, 0) is 37.3 Å². The van der Waals surface area contributed by atoms with Crippen molar-refractivity contribution in [3.8, 4) is 5.69 Å². The van der Waals surface area contributed by atoms with Gasteiger partial charge in [0.15, 0.2) is 0 Å². The summed E-state index contributed by atoms with van der Waals surface area (Å²) in [6.07, 6.45) is 3.07. The summed E-state index contributed by atoms with van der Waals surface area (Å²) in [4.78, 5) is 14.2. The molecule has 0 unspecified atom stereocenters. The van der Waals surface area contributed by atoms with E-state index >= 15 is 0 Å². The Labute approximate surface area is 141 Å². The smallest absolute Gasteiger partial charge is 0.253 e. The number of carbonyl (C=O) groups is 1. The molecule has 1 saturated heterocycles. The second-order valence-corrected chi connectivity index (χ2v) is 7.89. The Morgan fingerprint density at radius 3 is 2.17 bits per heavy atom. The molecule has 1 aromatic carbocycles. The third-order valence-corrected chi connectivity index (χ3v) is 5.40. The zero-order chi connectivity index (χ0) is 17.3. The Kier molecular flexibility index (Phi) is 4.42. The van der Waals surface area contributed by atoms with Gasteiger partial charge in [-0.3, -0.25) is 4.79 Å². The molecule has 128 valence electrons. The molecule has 1 aliphatic heterocycles. The largest absolute Gasteiger partial charge is 0.336 e. The van der Waals surface area contributed by atoms with E-state index in [0.29, 0.717) is 31.7 Å². The lowest BCUT2D eigenvalue weighted by atomic mass is 10.1. The van der Waals surface area contributed by atoms with Crippen LogP contribution in [0.25, 0.3) is 5.69 Å². The molecule has 0 saturated carbocycles. The average molecular weight is 348 g/mol. The van der Waals surface area contributed by atoms with Crippen LogP contribution < -0.4 is 0 Å². The lowest BCUT2D eigenvalue weighted by Crippen LogP contribution is -2.50. The third-order valence-electron chi connectivity index (χ3n) is 4.10. The van der Waals surface area contributed by atoms with Gasteiger partial charge in [-0.2, -0.15) is 9.40 Å². The first-order valence-corrected chi connectivity index (χ1v) is 9.56. The minimum atomic E-state index is -3.19. The fourth-order valence-corrected chi connectivity index (χ4v) is 3.55. The predicted octanol–water partition coefficient (Wildman–Crippen LogP) is 0.898. The summed E-state index contributed by atoms with van der Waals surface area (Å²) >= 11 is 0. The van der Waals surface area contributed by atoms with Crippen LogP contribution >= 0.6 is 0 Å². The lowest BCUT2D eigenvalue weighted by molar-refractivity contribution is 0.0698. The standard InChI is InChI=1S/C16H20N4O3S/c1-13-7-8-20(17-13)15-5-3-14(4-6-15)16(21)18-9-11-19(12-10-18)24(2,22)23/h3-8H,9-12H2,1-2H3. The number of hydrogen-bond donors (Lipinski definition) is 0. The molecule has 0 N–H and O–H groups in total. The quantitative estimate of drug-likeness (QED) is 0.826. The van der Waals surface area contributed by atoms with Gasteiger partial charge in [-0.15, -0.1) is 0 Å². The van der Waals surface area contributed by atoms with E-state index in [9.17, 15) is 13.2 Å². The van der Waals surface area contributed by atoms with E-state index in [0.717, 1.165) is 11.4 Å². The number of amides is 1. The first-order valence-electron chi connectivity index (χ1n) is 7.72. The Hall–Kier alpha value is -2.19. The molecule has 0 bridgehead atoms. The van der Waals surface area contributed by atoms with Crippen molar-refractivity contribution in [1.29, 1.82) is 0 Å². The minimum Gasteiger partial charge on any atom is -0.336 e. The zero-order valence-electron chi connectivity index (χ0n) is 13.7. The maximum absolute atomic E-state index is 12.5. The van der Waals surface area contributed by atoms with Gasteiger partial charge < -0.3 is 4.90 Å². The molecule has 2 heterocycles. The van der Waals surface area contributed by atoms with Gasteiger partial charge in [0.25, 0.3) is 5.91 Å². The summed E-state index contributed by atoms with van der Waals surface area (Å²) in [6.45, 7) is 3.42. The lowest BCUT2D eigenvalue weighted by Gasteiger charge is -2.33. The monoisotopic (exact) mass is 348 g/mol. The van der Waals surface area contributed by atoms with Crippen LogP contribution in [-0.2, 0) is 10.0 Å². The average Bonchev–Trinajstić information content (AvgIpc) is 3.00. The van der Waals surface area contributed by atoms with E-state index in [2.05, 4.69) is 5.10 Å². The normalized spacial score (nSPS) is 16.3. The van der Waals surface area contributed by atoms with Crippen LogP contribution in [0.2, 0.25) is 0 Å². The Morgan fingerprint density at radius 1 is 1.04 bits per heavy atom. The highest BCUT2D eigenvalue weighted by molar-refractivity contribution is 7.88. The first-order chi connectivity index (χ1) is 11.3. The van der Waals surface area contributed by atoms with Crippen LogP contribution in [0.15, 0.2) is 36.5 Å². The van der Waals surface area contributed by atoms with Crippen molar-refractivity contribution >= 4 is 15.9 Å². The van der Waals surface area contributed by atoms with Gasteiger partial charge in [0.1, 0.15) is 0 Å². The highest BCUT2D eigenvalue weighted by atomic mass is 32.2. The number of nitrogens with zero attached hydrogens (tertiary/aromatic N) is 4. The third kappa shape index (κ3) is 3.49. The number of hydrogen-bond acceptors (Lipinski definition) is 4. The van der Waals surface area contributed by atoms with E-state index in [1.807, 2.05) is 31.3 Å². The number of rotatable bonds is 3. The fraction of sp³-hybridized carbons (Fsp3) is 0.375. The van der Waals surface area contributed by atoms with Crippen molar-refractivity contribution in [1.82, 2.24) is 19.0 Å². The maximum atomic E-state index is 12.5. The van der Waals surface area contributed by atoms with Gasteiger partial charge in [-0.25, -0.2) is 13.1 Å². The second kappa shape index (κ2) is 6.37. The summed E-state index contributed by atoms with van der Waals surface area (Å²) < 4.78 is 26.2. The van der Waals surface area contributed by atoms with E-state index in [1.54, 1.807) is 21.7 Å². The van der Waals surface area contributed by atoms with Gasteiger partial charge in [-0.1, -0.05) is 0 Å². The molecule has 0 atom stereocenters. The molecule has 3 rings (SSSR count). The molecule has 0 aliphatic carbocycles. The van der Waals surface area contributed by atoms with Crippen molar-refractivity contribution in [3.05, 3.63) is 47.8 Å². The fourth-order valence-electron chi connectivity index (χ4n) is 2.72. The van der Waals surface area contributed by atoms with E-state index in [4.69, 9.17) is 0 Å². The molecule has 1 fully saturated rings. The number of sulfonamides is 1. The van der Waals surface area contributed by atoms with Gasteiger partial charge in [0.2, 0.25) is 10.0 Å². The molecule has 0 radical (unpaired) electrons. The molecule has 2 aromatic rings. The SMILES string of the molecule is Cc1ccn(-c2ccc(C(=O)N3CCN(S(C)(=O)=O)CC3)cc2)n1. The highest BCUT2D eigenvalue weighted by Gasteiger charge is 2.26. The Bertz CT molecular complexity index is 834. The van der Waals surface area contributed by atoms with Crippen LogP contribution in [0.3, 0.4) is 0 Å². The zero-order valence-corrected chi connectivity index (χ0v) is 14.5. The maximum Gasteiger partial charge on any atom is 0.253 e. The predicted molar refractivity (Wildman–Crippen MR) is 90.6 cm³/mol. The van der Waals surface area contributed by atoms with E-state index in [1.165, 1.54) is 10.6 Å². The van der Waals surface area contributed by atoms with Crippen molar-refractivity contribution in [3.63, 3.8) is 0 Å². The Morgan fingerprint density at radius 2 is 1.67 bits per heavy atom. The van der Waals surface area contributed by atoms with Gasteiger partial charge in [0, 0.05) is 37.9 Å². The molecule has 0 spiro atoms. The van der Waals surface area contributed by atoms with Crippen LogP contribution in [-0.4, -0.2) is 65.7 Å². The molecular weight excluding hydrogens is 328 g/mol. The molecule has 1 aliphatic rings. The van der Waals surface area contributed by atoms with Gasteiger partial charge >= 0.3 is 0 Å². The summed E-state index contributed by atoms with van der Waals surface area (Å²) in [5.41, 5.74) is 2.41. The topological polar surface area (TPSA) is 75.5 Å². The molecule has 24 heavy (non-hydrogen) atoms. The number of carbonyl (C=O) groups excluding carboxylic acids is 1. The van der Waals surface area contributed by atoms with Crippen molar-refractivity contribution in [2.75, 3.05) is 32.4 Å². The number of piperazine rings is 1. The Balaban J connectivity index is 1.68. The summed E-state index contributed by atoms with van der Waals surface area (Å²) in [6, 6.07) is 9.18. The minimum absolute atomic E-state index is 0.0775. The molecule has 1 amide bonds. The van der Waals surface area contributed by atoms with Crippen molar-refractivity contribution < 1.29 is 13.2 Å². The van der Waals surface area contributed by atoms with E-state index < -0.39 is 10.0 Å². The van der Waals surface area contributed by atoms with Crippen molar-refractivity contribution in [2.24, 2.45) is 0 Å². The summed E-state index contributed by atoms with van der Waals surface area (Å²) in [5.74, 6) is -0.0775. The van der Waals surface area contributed by atoms with E-state index in [-0.39, 0.29) is 5.91 Å². The highest BCUT2D eigenvalue weighted by Crippen LogP contribution is 2.14. The summed E-state index contributed by atoms with van der Waals surface area (Å²) in [7, 11) is -3.19. The summed E-state index contributed by atoms with van der Waals surface area (Å²) in [5, 5.41) is 4.34. The second-order valence-electron chi connectivity index (χ2n) is 5.90. The molecular formula is C16H20N4O3S. The van der Waals surface area contributed by atoms with Crippen LogP contribution in [0.1, 0.15) is 16.1 Å². The van der Waals surface area contributed by atoms with Crippen LogP contribution in [0.5, 0.6) is 0 Å². The number of benzene rings is 1. The first kappa shape index (κ1) is 16.7. The molecule has 1 aromatic heterocycles. The van der Waals surface area contributed by atoms with Crippen molar-refractivity contribution in [2.45, 2.75) is 6.92 Å². The van der Waals surface area contributed by atoms with Crippen LogP contribution in [0.4, 0.5) is 0 Å². The van der Waals surface area contributed by atoms with Crippen LogP contribution in [0, 0.1) is 6.92 Å². The van der Waals surface area contributed by atoms with Gasteiger partial charge in [0.05, 0.1) is 17.6 Å². The molecule has 8 heteroatoms.